The zero-order valence-corrected chi connectivity index (χ0v) is 13.1. The van der Waals surface area contributed by atoms with Gasteiger partial charge in [0.05, 0.1) is 19.8 Å². The molecule has 0 aliphatic rings. The highest BCUT2D eigenvalue weighted by atomic mass is 19.1. The molecule has 0 bridgehead atoms. The Kier molecular flexibility index (Phi) is 4.24. The van der Waals surface area contributed by atoms with Gasteiger partial charge in [-0.3, -0.25) is 4.79 Å². The Morgan fingerprint density at radius 1 is 1.08 bits per heavy atom. The average molecular weight is 327 g/mol. The highest BCUT2D eigenvalue weighted by Gasteiger charge is 2.21. The Labute approximate surface area is 137 Å². The molecule has 0 radical (unpaired) electrons. The Balaban J connectivity index is 2.12. The number of halogens is 1. The predicted molar refractivity (Wildman–Crippen MR) is 84.7 cm³/mol. The topological polar surface area (TPSA) is 66.2 Å². The van der Waals surface area contributed by atoms with Gasteiger partial charge in [-0.1, -0.05) is 18.2 Å². The molecular weight excluding hydrogens is 313 g/mol. The maximum absolute atomic E-state index is 14.1. The van der Waals surface area contributed by atoms with Gasteiger partial charge in [-0.15, -0.1) is 5.10 Å². The van der Waals surface area contributed by atoms with E-state index in [1.807, 2.05) is 0 Å². The second-order valence-electron chi connectivity index (χ2n) is 4.85. The van der Waals surface area contributed by atoms with Crippen LogP contribution in [0.3, 0.4) is 0 Å². The van der Waals surface area contributed by atoms with Gasteiger partial charge < -0.3 is 9.47 Å². The van der Waals surface area contributed by atoms with E-state index in [1.165, 1.54) is 26.4 Å². The highest BCUT2D eigenvalue weighted by molar-refractivity contribution is 5.97. The van der Waals surface area contributed by atoms with Crippen LogP contribution in [0.4, 0.5) is 4.39 Å². The number of methoxy groups -OCH3 is 2. The molecule has 0 spiro atoms. The molecule has 0 aliphatic carbocycles. The molecular formula is C17H14FN3O3. The van der Waals surface area contributed by atoms with Gasteiger partial charge >= 0.3 is 6.01 Å². The molecule has 7 heteroatoms. The van der Waals surface area contributed by atoms with Crippen molar-refractivity contribution >= 4 is 5.91 Å². The average Bonchev–Trinajstić information content (AvgIpc) is 3.05. The predicted octanol–water partition coefficient (Wildman–Crippen LogP) is 2.79. The molecule has 0 atom stereocenters. The maximum Gasteiger partial charge on any atom is 0.336 e. The summed E-state index contributed by atoms with van der Waals surface area (Å²) in [4.78, 5) is 16.9. The van der Waals surface area contributed by atoms with Crippen molar-refractivity contribution in [1.82, 2.24) is 14.8 Å². The van der Waals surface area contributed by atoms with Gasteiger partial charge in [0.15, 0.2) is 5.82 Å². The van der Waals surface area contributed by atoms with Gasteiger partial charge in [0.25, 0.3) is 5.91 Å². The van der Waals surface area contributed by atoms with Gasteiger partial charge in [-0.25, -0.2) is 4.39 Å². The van der Waals surface area contributed by atoms with Crippen molar-refractivity contribution in [2.24, 2.45) is 0 Å². The summed E-state index contributed by atoms with van der Waals surface area (Å²) in [5.41, 5.74) is 0.490. The largest absolute Gasteiger partial charge is 0.497 e. The maximum atomic E-state index is 14.1. The Morgan fingerprint density at radius 3 is 2.58 bits per heavy atom. The Hall–Kier alpha value is -3.22. The van der Waals surface area contributed by atoms with Crippen LogP contribution >= 0.6 is 0 Å². The van der Waals surface area contributed by atoms with E-state index in [2.05, 4.69) is 10.1 Å². The number of hydrogen-bond donors (Lipinski definition) is 0. The number of benzene rings is 2. The first-order valence-electron chi connectivity index (χ1n) is 7.08. The molecule has 2 aromatic carbocycles. The fraction of sp³-hybridized carbons (Fsp3) is 0.118. The van der Waals surface area contributed by atoms with Gasteiger partial charge in [-0.05, 0) is 30.3 Å². The van der Waals surface area contributed by atoms with Crippen LogP contribution in [-0.4, -0.2) is 34.9 Å². The van der Waals surface area contributed by atoms with E-state index in [9.17, 15) is 9.18 Å². The van der Waals surface area contributed by atoms with E-state index in [0.717, 1.165) is 4.68 Å². The van der Waals surface area contributed by atoms with E-state index >= 15 is 0 Å². The normalized spacial score (nSPS) is 10.5. The van der Waals surface area contributed by atoms with Crippen LogP contribution in [0.25, 0.3) is 11.4 Å². The number of ether oxygens (including phenoxy) is 2. The van der Waals surface area contributed by atoms with Crippen LogP contribution in [0.15, 0.2) is 48.5 Å². The second kappa shape index (κ2) is 6.49. The third kappa shape index (κ3) is 2.83. The fourth-order valence-electron chi connectivity index (χ4n) is 2.22. The van der Waals surface area contributed by atoms with E-state index in [0.29, 0.717) is 11.3 Å². The van der Waals surface area contributed by atoms with Crippen molar-refractivity contribution in [2.45, 2.75) is 0 Å². The van der Waals surface area contributed by atoms with E-state index in [4.69, 9.17) is 9.47 Å². The number of nitrogens with zero attached hydrogens (tertiary/aromatic N) is 3. The first-order valence-corrected chi connectivity index (χ1v) is 7.08. The van der Waals surface area contributed by atoms with Crippen LogP contribution in [0.5, 0.6) is 11.8 Å². The van der Waals surface area contributed by atoms with Crippen LogP contribution in [0.2, 0.25) is 0 Å². The minimum atomic E-state index is -0.507. The molecule has 0 N–H and O–H groups in total. The lowest BCUT2D eigenvalue weighted by molar-refractivity contribution is 0.0945. The summed E-state index contributed by atoms with van der Waals surface area (Å²) in [6.45, 7) is 0. The minimum Gasteiger partial charge on any atom is -0.497 e. The van der Waals surface area contributed by atoms with Crippen molar-refractivity contribution in [3.63, 3.8) is 0 Å². The molecule has 0 amide bonds. The molecule has 0 fully saturated rings. The molecule has 3 rings (SSSR count). The van der Waals surface area contributed by atoms with E-state index in [-0.39, 0.29) is 17.4 Å². The lowest BCUT2D eigenvalue weighted by Gasteiger charge is -2.06. The van der Waals surface area contributed by atoms with Crippen LogP contribution in [-0.2, 0) is 0 Å². The van der Waals surface area contributed by atoms with E-state index in [1.54, 1.807) is 36.4 Å². The summed E-state index contributed by atoms with van der Waals surface area (Å²) in [6, 6.07) is 12.6. The number of carbonyl (C=O) groups is 1. The zero-order chi connectivity index (χ0) is 17.1. The lowest BCUT2D eigenvalue weighted by atomic mass is 10.1. The molecule has 0 saturated carbocycles. The molecule has 122 valence electrons. The number of hydrogen-bond acceptors (Lipinski definition) is 5. The quantitative estimate of drug-likeness (QED) is 0.737. The van der Waals surface area contributed by atoms with Gasteiger partial charge in [0.2, 0.25) is 0 Å². The molecule has 3 aromatic rings. The third-order valence-corrected chi connectivity index (χ3v) is 3.39. The number of carbonyl (C=O) groups excluding carboxylic acids is 1. The fourth-order valence-corrected chi connectivity index (χ4v) is 2.22. The van der Waals surface area contributed by atoms with Crippen LogP contribution in [0, 0.1) is 5.82 Å². The molecule has 0 saturated heterocycles. The summed E-state index contributed by atoms with van der Waals surface area (Å²) in [7, 11) is 2.88. The molecule has 0 unspecified atom stereocenters. The molecule has 6 nitrogen and oxygen atoms in total. The van der Waals surface area contributed by atoms with Crippen molar-refractivity contribution in [2.75, 3.05) is 14.2 Å². The summed E-state index contributed by atoms with van der Waals surface area (Å²) < 4.78 is 25.2. The van der Waals surface area contributed by atoms with Crippen molar-refractivity contribution < 1.29 is 18.7 Å². The van der Waals surface area contributed by atoms with Crippen LogP contribution < -0.4 is 9.47 Å². The summed E-state index contributed by atoms with van der Waals surface area (Å²) in [6.07, 6.45) is 0. The van der Waals surface area contributed by atoms with Crippen molar-refractivity contribution in [1.29, 1.82) is 0 Å². The molecule has 1 aromatic heterocycles. The first kappa shape index (κ1) is 15.7. The zero-order valence-electron chi connectivity index (χ0n) is 13.1. The second-order valence-corrected chi connectivity index (χ2v) is 4.85. The van der Waals surface area contributed by atoms with Gasteiger partial charge in [-0.2, -0.15) is 9.67 Å². The summed E-state index contributed by atoms with van der Waals surface area (Å²) in [5.74, 6) is -0.381. The van der Waals surface area contributed by atoms with Crippen molar-refractivity contribution in [3.05, 3.63) is 59.9 Å². The first-order chi connectivity index (χ1) is 11.6. The smallest absolute Gasteiger partial charge is 0.336 e. The molecule has 24 heavy (non-hydrogen) atoms. The molecule has 0 aliphatic heterocycles. The highest BCUT2D eigenvalue weighted by Crippen LogP contribution is 2.24. The summed E-state index contributed by atoms with van der Waals surface area (Å²) >= 11 is 0. The number of aromatic nitrogens is 3. The Bertz CT molecular complexity index is 892. The lowest BCUT2D eigenvalue weighted by Crippen LogP contribution is -2.15. The van der Waals surface area contributed by atoms with Gasteiger partial charge in [0.1, 0.15) is 11.6 Å². The SMILES string of the molecule is COc1cccc(C(=O)n2nc(OC)nc2-c2ccccc2F)c1. The van der Waals surface area contributed by atoms with Crippen LogP contribution in [0.1, 0.15) is 10.4 Å². The van der Waals surface area contributed by atoms with Crippen molar-refractivity contribution in [3.8, 4) is 23.1 Å². The van der Waals surface area contributed by atoms with Gasteiger partial charge in [0, 0.05) is 5.56 Å². The number of rotatable bonds is 4. The Morgan fingerprint density at radius 2 is 1.88 bits per heavy atom. The van der Waals surface area contributed by atoms with E-state index < -0.39 is 11.7 Å². The standard InChI is InChI=1S/C17H14FN3O3/c1-23-12-7-5-6-11(10-12)16(22)21-15(19-17(20-21)24-2)13-8-3-4-9-14(13)18/h3-10H,1-2H3. The minimum absolute atomic E-state index is 0.0236. The monoisotopic (exact) mass is 327 g/mol. The summed E-state index contributed by atoms with van der Waals surface area (Å²) in [5, 5.41) is 4.00. The third-order valence-electron chi connectivity index (χ3n) is 3.39. The molecule has 1 heterocycles.